The number of aromatic nitrogens is 4. The zero-order chi connectivity index (χ0) is 19.3. The normalized spacial score (nSPS) is 11.9. The second-order valence-corrected chi connectivity index (χ2v) is 6.23. The van der Waals surface area contributed by atoms with Crippen molar-refractivity contribution < 1.29 is 13.8 Å². The molecule has 3 aromatic heterocycles. The molecule has 1 aromatic carbocycles. The summed E-state index contributed by atoms with van der Waals surface area (Å²) < 4.78 is 15.9. The number of para-hydroxylation sites is 1. The molecule has 4 aromatic rings. The van der Waals surface area contributed by atoms with Gasteiger partial charge in [0.15, 0.2) is 6.61 Å². The van der Waals surface area contributed by atoms with Crippen LogP contribution in [0.2, 0.25) is 0 Å². The maximum atomic E-state index is 5.63. The molecule has 0 aliphatic heterocycles. The summed E-state index contributed by atoms with van der Waals surface area (Å²) >= 11 is 0. The monoisotopic (exact) mass is 377 g/mol. The molecule has 0 fully saturated rings. The molecule has 8 nitrogen and oxygen atoms in total. The first-order chi connectivity index (χ1) is 13.7. The Labute approximate surface area is 161 Å². The van der Waals surface area contributed by atoms with Gasteiger partial charge in [0.2, 0.25) is 5.82 Å². The molecule has 0 spiro atoms. The van der Waals surface area contributed by atoms with Gasteiger partial charge in [0.1, 0.15) is 23.5 Å². The predicted molar refractivity (Wildman–Crippen MR) is 102 cm³/mol. The van der Waals surface area contributed by atoms with Crippen LogP contribution in [0.25, 0.3) is 11.5 Å². The minimum absolute atomic E-state index is 0.0299. The van der Waals surface area contributed by atoms with Gasteiger partial charge in [0, 0.05) is 19.3 Å². The van der Waals surface area contributed by atoms with E-state index in [0.717, 1.165) is 22.8 Å². The first-order valence-corrected chi connectivity index (χ1v) is 8.80. The molecular weight excluding hydrogens is 358 g/mol. The van der Waals surface area contributed by atoms with Crippen LogP contribution in [-0.2, 0) is 6.61 Å². The van der Waals surface area contributed by atoms with Crippen molar-refractivity contribution in [3.63, 3.8) is 0 Å². The SMILES string of the molecule is C[C@H](c1ccon1)N(C)c1ccc(-c2nc(COc3ccccc3)no2)cn1. The van der Waals surface area contributed by atoms with Gasteiger partial charge in [-0.2, -0.15) is 4.98 Å². The second-order valence-electron chi connectivity index (χ2n) is 6.23. The van der Waals surface area contributed by atoms with Crippen molar-refractivity contribution in [2.45, 2.75) is 19.6 Å². The highest BCUT2D eigenvalue weighted by Gasteiger charge is 2.17. The summed E-state index contributed by atoms with van der Waals surface area (Å²) in [6, 6.07) is 15.2. The van der Waals surface area contributed by atoms with Crippen molar-refractivity contribution >= 4 is 5.82 Å². The van der Waals surface area contributed by atoms with E-state index in [1.54, 1.807) is 12.5 Å². The van der Waals surface area contributed by atoms with E-state index in [1.807, 2.05) is 67.4 Å². The highest BCUT2D eigenvalue weighted by atomic mass is 16.5. The molecule has 0 aliphatic carbocycles. The molecule has 0 amide bonds. The molecule has 0 unspecified atom stereocenters. The molecule has 0 saturated heterocycles. The summed E-state index contributed by atoms with van der Waals surface area (Å²) in [6.45, 7) is 2.27. The summed E-state index contributed by atoms with van der Waals surface area (Å²) in [7, 11) is 1.95. The number of hydrogen-bond donors (Lipinski definition) is 0. The van der Waals surface area contributed by atoms with Crippen LogP contribution in [0.15, 0.2) is 70.0 Å². The van der Waals surface area contributed by atoms with Crippen molar-refractivity contribution in [2.24, 2.45) is 0 Å². The molecule has 0 bridgehead atoms. The Hall–Kier alpha value is -3.68. The number of benzene rings is 1. The van der Waals surface area contributed by atoms with Gasteiger partial charge in [0.25, 0.3) is 5.89 Å². The van der Waals surface area contributed by atoms with E-state index in [4.69, 9.17) is 13.8 Å². The van der Waals surface area contributed by atoms with Crippen LogP contribution in [0.1, 0.15) is 24.5 Å². The Morgan fingerprint density at radius 3 is 2.64 bits per heavy atom. The Morgan fingerprint density at radius 1 is 1.07 bits per heavy atom. The van der Waals surface area contributed by atoms with Crippen molar-refractivity contribution in [1.82, 2.24) is 20.3 Å². The lowest BCUT2D eigenvalue weighted by molar-refractivity contribution is 0.287. The summed E-state index contributed by atoms with van der Waals surface area (Å²) in [5, 5.41) is 7.94. The van der Waals surface area contributed by atoms with Crippen LogP contribution in [0.5, 0.6) is 5.75 Å². The van der Waals surface area contributed by atoms with Crippen molar-refractivity contribution in [3.8, 4) is 17.2 Å². The lowest BCUT2D eigenvalue weighted by Crippen LogP contribution is -2.22. The minimum atomic E-state index is 0.0299. The minimum Gasteiger partial charge on any atom is -0.485 e. The van der Waals surface area contributed by atoms with Crippen LogP contribution < -0.4 is 9.64 Å². The number of hydrogen-bond acceptors (Lipinski definition) is 8. The highest BCUT2D eigenvalue weighted by molar-refractivity contribution is 5.54. The highest BCUT2D eigenvalue weighted by Crippen LogP contribution is 2.25. The third kappa shape index (κ3) is 3.85. The van der Waals surface area contributed by atoms with Gasteiger partial charge in [-0.1, -0.05) is 28.5 Å². The van der Waals surface area contributed by atoms with Crippen LogP contribution in [0, 0.1) is 0 Å². The fourth-order valence-corrected chi connectivity index (χ4v) is 2.65. The molecular formula is C20H19N5O3. The number of nitrogens with zero attached hydrogens (tertiary/aromatic N) is 5. The third-order valence-corrected chi connectivity index (χ3v) is 4.40. The number of anilines is 1. The topological polar surface area (TPSA) is 90.3 Å². The van der Waals surface area contributed by atoms with Gasteiger partial charge in [0.05, 0.1) is 11.6 Å². The second kappa shape index (κ2) is 7.91. The van der Waals surface area contributed by atoms with Gasteiger partial charge < -0.3 is 18.7 Å². The standard InChI is InChI=1S/C20H19N5O3/c1-14(17-10-11-27-23-17)25(2)19-9-8-15(12-21-19)20-22-18(24-28-20)13-26-16-6-4-3-5-7-16/h3-12,14H,13H2,1-2H3/t14-/m1/s1. The summed E-state index contributed by atoms with van der Waals surface area (Å²) in [5.41, 5.74) is 1.58. The lowest BCUT2D eigenvalue weighted by atomic mass is 10.2. The van der Waals surface area contributed by atoms with Crippen LogP contribution >= 0.6 is 0 Å². The molecule has 0 aliphatic rings. The Kier molecular flexibility index (Phi) is 5.01. The van der Waals surface area contributed by atoms with Crippen molar-refractivity contribution in [3.05, 3.63) is 72.5 Å². The molecule has 8 heteroatoms. The smallest absolute Gasteiger partial charge is 0.259 e. The maximum absolute atomic E-state index is 5.63. The molecule has 0 radical (unpaired) electrons. The van der Waals surface area contributed by atoms with E-state index in [2.05, 4.69) is 20.3 Å². The van der Waals surface area contributed by atoms with E-state index < -0.39 is 0 Å². The van der Waals surface area contributed by atoms with Crippen LogP contribution in [0.4, 0.5) is 5.82 Å². The van der Waals surface area contributed by atoms with Gasteiger partial charge in [-0.05, 0) is 31.2 Å². The van der Waals surface area contributed by atoms with Crippen LogP contribution in [-0.4, -0.2) is 27.3 Å². The number of rotatable bonds is 7. The van der Waals surface area contributed by atoms with Gasteiger partial charge in [-0.3, -0.25) is 0 Å². The van der Waals surface area contributed by atoms with Crippen molar-refractivity contribution in [1.29, 1.82) is 0 Å². The Morgan fingerprint density at radius 2 is 1.93 bits per heavy atom. The summed E-state index contributed by atoms with van der Waals surface area (Å²) in [6.07, 6.45) is 3.27. The molecule has 3 heterocycles. The quantitative estimate of drug-likeness (QED) is 0.479. The largest absolute Gasteiger partial charge is 0.485 e. The average Bonchev–Trinajstić information content (AvgIpc) is 3.44. The molecule has 4 rings (SSSR count). The first-order valence-electron chi connectivity index (χ1n) is 8.80. The maximum Gasteiger partial charge on any atom is 0.259 e. The average molecular weight is 377 g/mol. The Balaban J connectivity index is 1.42. The first kappa shape index (κ1) is 17.7. The van der Waals surface area contributed by atoms with Crippen LogP contribution in [0.3, 0.4) is 0 Å². The molecule has 0 saturated carbocycles. The van der Waals surface area contributed by atoms with E-state index in [1.165, 1.54) is 0 Å². The van der Waals surface area contributed by atoms with E-state index in [0.29, 0.717) is 11.7 Å². The summed E-state index contributed by atoms with van der Waals surface area (Å²) in [4.78, 5) is 10.9. The van der Waals surface area contributed by atoms with E-state index in [-0.39, 0.29) is 12.6 Å². The molecule has 1 atom stereocenters. The van der Waals surface area contributed by atoms with Gasteiger partial charge >= 0.3 is 0 Å². The van der Waals surface area contributed by atoms with Gasteiger partial charge in [-0.25, -0.2) is 4.98 Å². The van der Waals surface area contributed by atoms with E-state index in [9.17, 15) is 0 Å². The third-order valence-electron chi connectivity index (χ3n) is 4.40. The van der Waals surface area contributed by atoms with E-state index >= 15 is 0 Å². The molecule has 142 valence electrons. The van der Waals surface area contributed by atoms with Crippen molar-refractivity contribution in [2.75, 3.05) is 11.9 Å². The molecule has 0 N–H and O–H groups in total. The number of ether oxygens (including phenoxy) is 1. The predicted octanol–water partition coefficient (Wildman–Crippen LogP) is 3.90. The molecule has 28 heavy (non-hydrogen) atoms. The summed E-state index contributed by atoms with van der Waals surface area (Å²) in [5.74, 6) is 2.42. The van der Waals surface area contributed by atoms with Gasteiger partial charge in [-0.15, -0.1) is 0 Å². The zero-order valence-electron chi connectivity index (χ0n) is 15.5. The lowest BCUT2D eigenvalue weighted by Gasteiger charge is -2.24. The zero-order valence-corrected chi connectivity index (χ0v) is 15.5. The number of pyridine rings is 1. The fraction of sp³-hybridized carbons (Fsp3) is 0.200. The fourth-order valence-electron chi connectivity index (χ4n) is 2.65. The Bertz CT molecular complexity index is 1000.